The highest BCUT2D eigenvalue weighted by molar-refractivity contribution is 5.76. The summed E-state index contributed by atoms with van der Waals surface area (Å²) in [5.41, 5.74) is 0. The zero-order chi connectivity index (χ0) is 13.1. The average molecular weight is 265 g/mol. The van der Waals surface area contributed by atoms with Crippen molar-refractivity contribution in [2.75, 3.05) is 19.7 Å². The number of carbonyl (C=O) groups is 1. The van der Waals surface area contributed by atoms with E-state index in [4.69, 9.17) is 4.74 Å². The lowest BCUT2D eigenvalue weighted by Gasteiger charge is -2.24. The van der Waals surface area contributed by atoms with Crippen LogP contribution < -0.4 is 0 Å². The standard InChI is InChI=1S/C16H27NO2/c18-16(10-13-4-2-1-3-5-13)17-9-8-15(11-17)19-12-14-6-7-14/h13-15H,1-12H2. The van der Waals surface area contributed by atoms with E-state index in [1.54, 1.807) is 0 Å². The molecular formula is C16H27NO2. The monoisotopic (exact) mass is 265 g/mol. The van der Waals surface area contributed by atoms with Gasteiger partial charge in [0, 0.05) is 26.1 Å². The molecule has 108 valence electrons. The Kier molecular flexibility index (Phi) is 4.42. The van der Waals surface area contributed by atoms with Gasteiger partial charge in [0.15, 0.2) is 0 Å². The predicted octanol–water partition coefficient (Wildman–Crippen LogP) is 2.98. The van der Waals surface area contributed by atoms with Crippen molar-refractivity contribution in [1.82, 2.24) is 4.90 Å². The van der Waals surface area contributed by atoms with Gasteiger partial charge in [-0.05, 0) is 43.9 Å². The largest absolute Gasteiger partial charge is 0.376 e. The molecule has 19 heavy (non-hydrogen) atoms. The minimum Gasteiger partial charge on any atom is -0.376 e. The van der Waals surface area contributed by atoms with E-state index in [1.807, 2.05) is 4.90 Å². The Morgan fingerprint density at radius 1 is 1.00 bits per heavy atom. The van der Waals surface area contributed by atoms with Gasteiger partial charge in [-0.2, -0.15) is 0 Å². The number of likely N-dealkylation sites (tertiary alicyclic amines) is 1. The lowest BCUT2D eigenvalue weighted by Crippen LogP contribution is -2.32. The van der Waals surface area contributed by atoms with Crippen LogP contribution in [0.4, 0.5) is 0 Å². The van der Waals surface area contributed by atoms with Gasteiger partial charge in [-0.3, -0.25) is 4.79 Å². The third-order valence-corrected chi connectivity index (χ3v) is 4.95. The summed E-state index contributed by atoms with van der Waals surface area (Å²) in [5, 5.41) is 0. The van der Waals surface area contributed by atoms with Gasteiger partial charge in [-0.15, -0.1) is 0 Å². The fourth-order valence-corrected chi connectivity index (χ4v) is 3.41. The van der Waals surface area contributed by atoms with Crippen molar-refractivity contribution in [2.45, 2.75) is 63.9 Å². The highest BCUT2D eigenvalue weighted by Crippen LogP contribution is 2.30. The van der Waals surface area contributed by atoms with Crippen LogP contribution >= 0.6 is 0 Å². The van der Waals surface area contributed by atoms with Crippen molar-refractivity contribution in [3.63, 3.8) is 0 Å². The van der Waals surface area contributed by atoms with Gasteiger partial charge < -0.3 is 9.64 Å². The Labute approximate surface area is 116 Å². The smallest absolute Gasteiger partial charge is 0.222 e. The molecule has 3 nitrogen and oxygen atoms in total. The second-order valence-electron chi connectivity index (χ2n) is 6.74. The van der Waals surface area contributed by atoms with Crippen LogP contribution in [0.25, 0.3) is 0 Å². The van der Waals surface area contributed by atoms with Crippen molar-refractivity contribution < 1.29 is 9.53 Å². The Bertz CT molecular complexity index is 308. The summed E-state index contributed by atoms with van der Waals surface area (Å²) in [4.78, 5) is 14.3. The number of carbonyl (C=O) groups excluding carboxylic acids is 1. The first kappa shape index (κ1) is 13.4. The topological polar surface area (TPSA) is 29.5 Å². The third kappa shape index (κ3) is 3.95. The van der Waals surface area contributed by atoms with Crippen molar-refractivity contribution in [3.8, 4) is 0 Å². The Balaban J connectivity index is 1.37. The fraction of sp³-hybridized carbons (Fsp3) is 0.938. The zero-order valence-corrected chi connectivity index (χ0v) is 12.0. The Morgan fingerprint density at radius 3 is 2.53 bits per heavy atom. The van der Waals surface area contributed by atoms with Crippen LogP contribution in [0.2, 0.25) is 0 Å². The molecule has 3 aliphatic rings. The molecule has 1 amide bonds. The molecule has 1 saturated heterocycles. The molecule has 2 saturated carbocycles. The lowest BCUT2D eigenvalue weighted by molar-refractivity contribution is -0.131. The van der Waals surface area contributed by atoms with E-state index in [2.05, 4.69) is 0 Å². The molecule has 1 unspecified atom stereocenters. The van der Waals surface area contributed by atoms with Crippen molar-refractivity contribution >= 4 is 5.91 Å². The molecule has 1 aliphatic heterocycles. The fourth-order valence-electron chi connectivity index (χ4n) is 3.41. The van der Waals surface area contributed by atoms with Gasteiger partial charge in [0.25, 0.3) is 0 Å². The first-order chi connectivity index (χ1) is 9.31. The summed E-state index contributed by atoms with van der Waals surface area (Å²) < 4.78 is 5.90. The molecule has 0 radical (unpaired) electrons. The molecular weight excluding hydrogens is 238 g/mol. The van der Waals surface area contributed by atoms with Gasteiger partial charge in [-0.1, -0.05) is 19.3 Å². The summed E-state index contributed by atoms with van der Waals surface area (Å²) in [6.45, 7) is 2.69. The lowest BCUT2D eigenvalue weighted by atomic mass is 9.87. The van der Waals surface area contributed by atoms with E-state index < -0.39 is 0 Å². The molecule has 3 fully saturated rings. The molecule has 2 aliphatic carbocycles. The summed E-state index contributed by atoms with van der Waals surface area (Å²) in [7, 11) is 0. The highest BCUT2D eigenvalue weighted by Gasteiger charge is 2.30. The summed E-state index contributed by atoms with van der Waals surface area (Å²) >= 11 is 0. The molecule has 1 atom stereocenters. The summed E-state index contributed by atoms with van der Waals surface area (Å²) in [6, 6.07) is 0. The number of nitrogens with zero attached hydrogens (tertiary/aromatic N) is 1. The number of ether oxygens (including phenoxy) is 1. The maximum absolute atomic E-state index is 12.3. The maximum atomic E-state index is 12.3. The molecule has 1 heterocycles. The van der Waals surface area contributed by atoms with Gasteiger partial charge in [0.2, 0.25) is 5.91 Å². The second kappa shape index (κ2) is 6.25. The van der Waals surface area contributed by atoms with Crippen LogP contribution in [0, 0.1) is 11.8 Å². The van der Waals surface area contributed by atoms with Crippen molar-refractivity contribution in [2.24, 2.45) is 11.8 Å². The molecule has 3 rings (SSSR count). The number of hydrogen-bond donors (Lipinski definition) is 0. The van der Waals surface area contributed by atoms with E-state index in [0.29, 0.717) is 17.9 Å². The molecule has 3 heteroatoms. The quantitative estimate of drug-likeness (QED) is 0.765. The maximum Gasteiger partial charge on any atom is 0.222 e. The van der Waals surface area contributed by atoms with Crippen molar-refractivity contribution in [3.05, 3.63) is 0 Å². The number of hydrogen-bond acceptors (Lipinski definition) is 2. The van der Waals surface area contributed by atoms with E-state index in [9.17, 15) is 4.79 Å². The van der Waals surface area contributed by atoms with E-state index in [1.165, 1.54) is 44.9 Å². The molecule has 0 bridgehead atoms. The number of rotatable bonds is 5. The third-order valence-electron chi connectivity index (χ3n) is 4.95. The van der Waals surface area contributed by atoms with Crippen LogP contribution in [0.5, 0.6) is 0 Å². The van der Waals surface area contributed by atoms with E-state index in [-0.39, 0.29) is 0 Å². The van der Waals surface area contributed by atoms with Gasteiger partial charge in [-0.25, -0.2) is 0 Å². The SMILES string of the molecule is O=C(CC1CCCCC1)N1CCC(OCC2CC2)C1. The minimum atomic E-state index is 0.316. The molecule has 0 spiro atoms. The normalized spacial score (nSPS) is 28.8. The van der Waals surface area contributed by atoms with Gasteiger partial charge in [0.1, 0.15) is 0 Å². The predicted molar refractivity (Wildman–Crippen MR) is 74.9 cm³/mol. The first-order valence-electron chi connectivity index (χ1n) is 8.20. The van der Waals surface area contributed by atoms with Crippen LogP contribution in [-0.4, -0.2) is 36.6 Å². The summed E-state index contributed by atoms with van der Waals surface area (Å²) in [5.74, 6) is 1.86. The van der Waals surface area contributed by atoms with E-state index in [0.717, 1.165) is 38.5 Å². The van der Waals surface area contributed by atoms with E-state index >= 15 is 0 Å². The average Bonchev–Trinajstić information content (AvgIpc) is 3.14. The molecule has 0 aromatic carbocycles. The highest BCUT2D eigenvalue weighted by atomic mass is 16.5. The Morgan fingerprint density at radius 2 is 1.79 bits per heavy atom. The van der Waals surface area contributed by atoms with Crippen LogP contribution in [0.15, 0.2) is 0 Å². The van der Waals surface area contributed by atoms with Crippen LogP contribution in [0.3, 0.4) is 0 Å². The van der Waals surface area contributed by atoms with Crippen LogP contribution in [0.1, 0.15) is 57.8 Å². The number of amides is 1. The van der Waals surface area contributed by atoms with Gasteiger partial charge in [0.05, 0.1) is 6.10 Å². The zero-order valence-electron chi connectivity index (χ0n) is 12.0. The minimum absolute atomic E-state index is 0.316. The summed E-state index contributed by atoms with van der Waals surface area (Å²) in [6.07, 6.45) is 11.4. The second-order valence-corrected chi connectivity index (χ2v) is 6.74. The molecule has 0 aromatic heterocycles. The Hall–Kier alpha value is -0.570. The van der Waals surface area contributed by atoms with Crippen molar-refractivity contribution in [1.29, 1.82) is 0 Å². The van der Waals surface area contributed by atoms with Crippen LogP contribution in [-0.2, 0) is 9.53 Å². The first-order valence-corrected chi connectivity index (χ1v) is 8.20. The molecule has 0 aromatic rings. The van der Waals surface area contributed by atoms with Gasteiger partial charge >= 0.3 is 0 Å². The molecule has 0 N–H and O–H groups in total.